The third kappa shape index (κ3) is 2.72. The first-order chi connectivity index (χ1) is 8.19. The highest BCUT2D eigenvalue weighted by Crippen LogP contribution is 2.24. The molecule has 0 atom stereocenters. The molecule has 0 fully saturated rings. The highest BCUT2D eigenvalue weighted by atomic mass is 32.2. The van der Waals surface area contributed by atoms with Crippen LogP contribution in [-0.2, 0) is 0 Å². The fourth-order valence-corrected chi connectivity index (χ4v) is 1.81. The molecule has 0 aliphatic heterocycles. The number of nitrogens with zero attached hydrogens (tertiary/aromatic N) is 4. The van der Waals surface area contributed by atoms with Gasteiger partial charge in [-0.05, 0) is 23.9 Å². The molecule has 2 rings (SSSR count). The Bertz CT molecular complexity index is 554. The lowest BCUT2D eigenvalue weighted by atomic mass is 10.2. The molecule has 0 radical (unpaired) electrons. The monoisotopic (exact) mass is 251 g/mol. The van der Waals surface area contributed by atoms with Crippen molar-refractivity contribution in [2.24, 2.45) is 10.9 Å². The van der Waals surface area contributed by atoms with Crippen LogP contribution in [0.2, 0.25) is 0 Å². The minimum atomic E-state index is 0.0240. The van der Waals surface area contributed by atoms with Crippen LogP contribution < -0.4 is 5.73 Å². The van der Waals surface area contributed by atoms with Gasteiger partial charge in [-0.2, -0.15) is 0 Å². The number of aromatic nitrogens is 3. The lowest BCUT2D eigenvalue weighted by molar-refractivity contribution is 0.318. The molecule has 8 heteroatoms. The summed E-state index contributed by atoms with van der Waals surface area (Å²) in [7, 11) is 0. The molecule has 0 aromatic carbocycles. The Balaban J connectivity index is 2.22. The van der Waals surface area contributed by atoms with E-state index >= 15 is 0 Å². The summed E-state index contributed by atoms with van der Waals surface area (Å²) in [5, 5.41) is 20.0. The molecular weight excluding hydrogens is 242 g/mol. The Kier molecular flexibility index (Phi) is 3.24. The van der Waals surface area contributed by atoms with Gasteiger partial charge in [0.05, 0.1) is 0 Å². The predicted octanol–water partition coefficient (Wildman–Crippen LogP) is 1.02. The molecule has 0 aliphatic rings. The van der Waals surface area contributed by atoms with Gasteiger partial charge in [-0.15, -0.1) is 10.2 Å². The number of amidine groups is 1. The number of rotatable bonds is 3. The van der Waals surface area contributed by atoms with E-state index in [2.05, 4.69) is 20.3 Å². The lowest BCUT2D eigenvalue weighted by Gasteiger charge is -2.00. The standard InChI is InChI=1S/C9H9N5O2S/c1-5-12-13-9(16-5)17-7-4-6(2-3-11-7)8(10)14-15/h2-4,15H,1H3,(H2,10,14). The summed E-state index contributed by atoms with van der Waals surface area (Å²) in [6.07, 6.45) is 1.55. The molecule has 0 saturated carbocycles. The van der Waals surface area contributed by atoms with Crippen LogP contribution in [0, 0.1) is 6.92 Å². The fraction of sp³-hybridized carbons (Fsp3) is 0.111. The van der Waals surface area contributed by atoms with Crippen molar-refractivity contribution in [3.05, 3.63) is 29.8 Å². The topological polar surface area (TPSA) is 110 Å². The van der Waals surface area contributed by atoms with Crippen LogP contribution in [-0.4, -0.2) is 26.2 Å². The number of aryl methyl sites for hydroxylation is 1. The van der Waals surface area contributed by atoms with E-state index in [9.17, 15) is 0 Å². The van der Waals surface area contributed by atoms with Gasteiger partial charge in [0, 0.05) is 18.7 Å². The van der Waals surface area contributed by atoms with Gasteiger partial charge in [0.25, 0.3) is 5.22 Å². The van der Waals surface area contributed by atoms with E-state index in [-0.39, 0.29) is 5.84 Å². The van der Waals surface area contributed by atoms with Gasteiger partial charge in [0.15, 0.2) is 5.84 Å². The maximum Gasteiger partial charge on any atom is 0.282 e. The van der Waals surface area contributed by atoms with E-state index in [0.29, 0.717) is 21.7 Å². The maximum absolute atomic E-state index is 8.57. The van der Waals surface area contributed by atoms with Crippen LogP contribution in [0.5, 0.6) is 0 Å². The van der Waals surface area contributed by atoms with Crippen molar-refractivity contribution in [2.75, 3.05) is 0 Å². The third-order valence-electron chi connectivity index (χ3n) is 1.84. The first-order valence-electron chi connectivity index (χ1n) is 4.61. The van der Waals surface area contributed by atoms with Crippen molar-refractivity contribution in [3.8, 4) is 0 Å². The molecule has 0 aliphatic carbocycles. The van der Waals surface area contributed by atoms with Crippen LogP contribution in [0.15, 0.2) is 38.2 Å². The number of pyridine rings is 1. The average molecular weight is 251 g/mol. The second-order valence-corrected chi connectivity index (χ2v) is 4.03. The number of hydrogen-bond donors (Lipinski definition) is 2. The minimum absolute atomic E-state index is 0.0240. The Labute approximate surface area is 101 Å². The molecule has 7 nitrogen and oxygen atoms in total. The highest BCUT2D eigenvalue weighted by molar-refractivity contribution is 7.99. The number of nitrogens with two attached hydrogens (primary N) is 1. The Morgan fingerprint density at radius 1 is 1.53 bits per heavy atom. The number of hydrogen-bond acceptors (Lipinski definition) is 7. The van der Waals surface area contributed by atoms with Crippen molar-refractivity contribution in [3.63, 3.8) is 0 Å². The third-order valence-corrected chi connectivity index (χ3v) is 2.61. The van der Waals surface area contributed by atoms with Gasteiger partial charge >= 0.3 is 0 Å². The second-order valence-electron chi connectivity index (χ2n) is 3.06. The van der Waals surface area contributed by atoms with Crippen LogP contribution >= 0.6 is 11.8 Å². The molecule has 0 unspecified atom stereocenters. The highest BCUT2D eigenvalue weighted by Gasteiger charge is 2.08. The van der Waals surface area contributed by atoms with Crippen LogP contribution in [0.25, 0.3) is 0 Å². The first-order valence-corrected chi connectivity index (χ1v) is 5.42. The molecule has 3 N–H and O–H groups in total. The van der Waals surface area contributed by atoms with Gasteiger partial charge in [-0.25, -0.2) is 4.98 Å². The van der Waals surface area contributed by atoms with Crippen molar-refractivity contribution in [2.45, 2.75) is 17.2 Å². The van der Waals surface area contributed by atoms with Gasteiger partial charge < -0.3 is 15.4 Å². The zero-order valence-electron chi connectivity index (χ0n) is 8.86. The van der Waals surface area contributed by atoms with E-state index in [1.807, 2.05) is 0 Å². The summed E-state index contributed by atoms with van der Waals surface area (Å²) >= 11 is 1.21. The normalized spacial score (nSPS) is 11.7. The van der Waals surface area contributed by atoms with Crippen LogP contribution in [0.1, 0.15) is 11.5 Å². The molecule has 2 aromatic heterocycles. The van der Waals surface area contributed by atoms with E-state index in [1.165, 1.54) is 11.8 Å². The van der Waals surface area contributed by atoms with E-state index in [1.54, 1.807) is 25.3 Å². The Morgan fingerprint density at radius 2 is 2.35 bits per heavy atom. The smallest absolute Gasteiger partial charge is 0.282 e. The molecule has 2 aromatic rings. The van der Waals surface area contributed by atoms with E-state index in [4.69, 9.17) is 15.4 Å². The molecule has 0 bridgehead atoms. The summed E-state index contributed by atoms with van der Waals surface area (Å²) in [5.41, 5.74) is 6.04. The van der Waals surface area contributed by atoms with E-state index in [0.717, 1.165) is 0 Å². The molecule has 0 amide bonds. The zero-order valence-corrected chi connectivity index (χ0v) is 9.68. The first kappa shape index (κ1) is 11.4. The molecule has 2 heterocycles. The number of oxime groups is 1. The lowest BCUT2D eigenvalue weighted by Crippen LogP contribution is -2.13. The second kappa shape index (κ2) is 4.83. The van der Waals surface area contributed by atoms with Gasteiger partial charge in [0.1, 0.15) is 5.03 Å². The summed E-state index contributed by atoms with van der Waals surface area (Å²) in [6, 6.07) is 3.30. The SMILES string of the molecule is Cc1nnc(Sc2cc(C(N)=NO)ccn2)o1. The van der Waals surface area contributed by atoms with Crippen LogP contribution in [0.4, 0.5) is 0 Å². The summed E-state index contributed by atoms with van der Waals surface area (Å²) in [4.78, 5) is 4.10. The maximum atomic E-state index is 8.57. The van der Waals surface area contributed by atoms with E-state index < -0.39 is 0 Å². The fourth-order valence-electron chi connectivity index (χ4n) is 1.09. The summed E-state index contributed by atoms with van der Waals surface area (Å²) < 4.78 is 5.20. The van der Waals surface area contributed by atoms with Crippen molar-refractivity contribution in [1.29, 1.82) is 0 Å². The van der Waals surface area contributed by atoms with Gasteiger partial charge in [-0.1, -0.05) is 5.16 Å². The molecule has 0 spiro atoms. The van der Waals surface area contributed by atoms with Gasteiger partial charge in [0.2, 0.25) is 5.89 Å². The molecule has 0 saturated heterocycles. The summed E-state index contributed by atoms with van der Waals surface area (Å²) in [6.45, 7) is 1.71. The van der Waals surface area contributed by atoms with Crippen molar-refractivity contribution >= 4 is 17.6 Å². The Morgan fingerprint density at radius 3 is 3.00 bits per heavy atom. The largest absolute Gasteiger partial charge is 0.416 e. The summed E-state index contributed by atoms with van der Waals surface area (Å²) in [5.74, 6) is 0.510. The van der Waals surface area contributed by atoms with Crippen LogP contribution in [0.3, 0.4) is 0 Å². The zero-order chi connectivity index (χ0) is 12.3. The minimum Gasteiger partial charge on any atom is -0.416 e. The molecule has 88 valence electrons. The predicted molar refractivity (Wildman–Crippen MR) is 59.9 cm³/mol. The Hall–Kier alpha value is -2.09. The molecular formula is C9H9N5O2S. The quantitative estimate of drug-likeness (QED) is 0.362. The average Bonchev–Trinajstić information content (AvgIpc) is 2.74. The van der Waals surface area contributed by atoms with Crippen molar-refractivity contribution in [1.82, 2.24) is 15.2 Å². The van der Waals surface area contributed by atoms with Gasteiger partial charge in [-0.3, -0.25) is 0 Å². The van der Waals surface area contributed by atoms with Crippen molar-refractivity contribution < 1.29 is 9.62 Å². The molecule has 17 heavy (non-hydrogen) atoms.